The van der Waals surface area contributed by atoms with Crippen molar-refractivity contribution in [1.29, 1.82) is 0 Å². The number of amides is 1. The van der Waals surface area contributed by atoms with Gasteiger partial charge in [0.2, 0.25) is 0 Å². The van der Waals surface area contributed by atoms with Crippen LogP contribution in [-0.4, -0.2) is 24.7 Å². The third kappa shape index (κ3) is 3.37. The lowest BCUT2D eigenvalue weighted by atomic mass is 10.0. The Morgan fingerprint density at radius 3 is 2.41 bits per heavy atom. The second-order valence-electron chi connectivity index (χ2n) is 5.76. The van der Waals surface area contributed by atoms with Gasteiger partial charge in [0.05, 0.1) is 12.1 Å². The van der Waals surface area contributed by atoms with Crippen LogP contribution < -0.4 is 5.32 Å². The number of rotatable bonds is 4. The molecule has 114 valence electrons. The van der Waals surface area contributed by atoms with Gasteiger partial charge in [0.15, 0.2) is 0 Å². The maximum absolute atomic E-state index is 12.3. The summed E-state index contributed by atoms with van der Waals surface area (Å²) < 4.78 is 5.61. The first-order valence-corrected chi connectivity index (χ1v) is 7.82. The van der Waals surface area contributed by atoms with E-state index in [-0.39, 0.29) is 18.1 Å². The van der Waals surface area contributed by atoms with Crippen LogP contribution in [0.3, 0.4) is 0 Å². The molecule has 1 saturated heterocycles. The second-order valence-corrected chi connectivity index (χ2v) is 5.76. The maximum Gasteiger partial charge on any atom is 0.251 e. The van der Waals surface area contributed by atoms with Gasteiger partial charge >= 0.3 is 0 Å². The summed E-state index contributed by atoms with van der Waals surface area (Å²) in [5.74, 6) is -0.0392. The standard InChI is InChI=1S/C19H21NO2/c1-14(18-8-5-13-22-18)20-19(21)17-11-9-16(10-12-17)15-6-3-2-4-7-15/h2-4,6-7,9-12,14,18H,5,8,13H2,1H3,(H,20,21)/t14-,18-/m1/s1. The number of carbonyl (C=O) groups is 1. The van der Waals surface area contributed by atoms with Gasteiger partial charge in [-0.05, 0) is 43.0 Å². The molecule has 22 heavy (non-hydrogen) atoms. The van der Waals surface area contributed by atoms with Crippen LogP contribution in [0.25, 0.3) is 11.1 Å². The van der Waals surface area contributed by atoms with E-state index >= 15 is 0 Å². The van der Waals surface area contributed by atoms with Crippen molar-refractivity contribution in [1.82, 2.24) is 5.32 Å². The Bertz CT molecular complexity index is 616. The first-order valence-electron chi connectivity index (χ1n) is 7.82. The van der Waals surface area contributed by atoms with Crippen molar-refractivity contribution in [2.75, 3.05) is 6.61 Å². The highest BCUT2D eigenvalue weighted by atomic mass is 16.5. The van der Waals surface area contributed by atoms with E-state index in [0.717, 1.165) is 30.6 Å². The molecule has 1 aliphatic rings. The van der Waals surface area contributed by atoms with Gasteiger partial charge in [0.1, 0.15) is 0 Å². The Kier molecular flexibility index (Phi) is 4.54. The maximum atomic E-state index is 12.3. The van der Waals surface area contributed by atoms with Gasteiger partial charge in [-0.1, -0.05) is 42.5 Å². The number of hydrogen-bond acceptors (Lipinski definition) is 2. The van der Waals surface area contributed by atoms with E-state index in [1.807, 2.05) is 49.4 Å². The molecule has 0 bridgehead atoms. The predicted octanol–water partition coefficient (Wildman–Crippen LogP) is 3.65. The van der Waals surface area contributed by atoms with Crippen LogP contribution in [0.5, 0.6) is 0 Å². The van der Waals surface area contributed by atoms with Crippen molar-refractivity contribution in [2.45, 2.75) is 31.9 Å². The number of nitrogens with one attached hydrogen (secondary N) is 1. The molecule has 0 spiro atoms. The van der Waals surface area contributed by atoms with Crippen molar-refractivity contribution < 1.29 is 9.53 Å². The lowest BCUT2D eigenvalue weighted by Crippen LogP contribution is -2.40. The van der Waals surface area contributed by atoms with Crippen LogP contribution in [0.2, 0.25) is 0 Å². The molecule has 0 unspecified atom stereocenters. The molecule has 0 saturated carbocycles. The molecule has 1 amide bonds. The highest BCUT2D eigenvalue weighted by Gasteiger charge is 2.23. The quantitative estimate of drug-likeness (QED) is 0.935. The third-order valence-electron chi connectivity index (χ3n) is 4.14. The summed E-state index contributed by atoms with van der Waals surface area (Å²) in [6, 6.07) is 17.9. The Morgan fingerprint density at radius 2 is 1.77 bits per heavy atom. The molecule has 1 fully saturated rings. The van der Waals surface area contributed by atoms with Crippen LogP contribution in [0.4, 0.5) is 0 Å². The minimum Gasteiger partial charge on any atom is -0.376 e. The summed E-state index contributed by atoms with van der Waals surface area (Å²) in [5.41, 5.74) is 2.95. The smallest absolute Gasteiger partial charge is 0.251 e. The zero-order valence-electron chi connectivity index (χ0n) is 12.8. The average Bonchev–Trinajstić information content (AvgIpc) is 3.10. The lowest BCUT2D eigenvalue weighted by molar-refractivity contribution is 0.0712. The van der Waals surface area contributed by atoms with Crippen molar-refractivity contribution in [3.63, 3.8) is 0 Å². The molecule has 1 aliphatic heterocycles. The van der Waals surface area contributed by atoms with Crippen molar-refractivity contribution in [2.24, 2.45) is 0 Å². The van der Waals surface area contributed by atoms with E-state index in [9.17, 15) is 4.79 Å². The van der Waals surface area contributed by atoms with Crippen LogP contribution >= 0.6 is 0 Å². The summed E-state index contributed by atoms with van der Waals surface area (Å²) in [6.45, 7) is 2.81. The minimum atomic E-state index is -0.0392. The van der Waals surface area contributed by atoms with Crippen molar-refractivity contribution in [3.05, 3.63) is 60.2 Å². The SMILES string of the molecule is C[C@@H](NC(=O)c1ccc(-c2ccccc2)cc1)[C@H]1CCCO1. The molecular weight excluding hydrogens is 274 g/mol. The van der Waals surface area contributed by atoms with Gasteiger partial charge in [-0.2, -0.15) is 0 Å². The van der Waals surface area contributed by atoms with E-state index in [4.69, 9.17) is 4.74 Å². The lowest BCUT2D eigenvalue weighted by Gasteiger charge is -2.20. The summed E-state index contributed by atoms with van der Waals surface area (Å²) in [4.78, 5) is 12.3. The zero-order valence-corrected chi connectivity index (χ0v) is 12.8. The van der Waals surface area contributed by atoms with Gasteiger partial charge in [0, 0.05) is 12.2 Å². The zero-order chi connectivity index (χ0) is 15.4. The van der Waals surface area contributed by atoms with Crippen LogP contribution in [0.1, 0.15) is 30.1 Å². The van der Waals surface area contributed by atoms with Crippen molar-refractivity contribution in [3.8, 4) is 11.1 Å². The number of carbonyl (C=O) groups excluding carboxylic acids is 1. The molecule has 2 atom stereocenters. The first kappa shape index (κ1) is 14.8. The molecule has 2 aromatic carbocycles. The van der Waals surface area contributed by atoms with E-state index in [1.165, 1.54) is 0 Å². The summed E-state index contributed by atoms with van der Waals surface area (Å²) in [5, 5.41) is 3.03. The van der Waals surface area contributed by atoms with E-state index in [1.54, 1.807) is 0 Å². The predicted molar refractivity (Wildman–Crippen MR) is 87.8 cm³/mol. The molecule has 0 aromatic heterocycles. The highest BCUT2D eigenvalue weighted by molar-refractivity contribution is 5.94. The van der Waals surface area contributed by atoms with Gasteiger partial charge in [-0.15, -0.1) is 0 Å². The highest BCUT2D eigenvalue weighted by Crippen LogP contribution is 2.20. The molecule has 0 radical (unpaired) electrons. The Labute approximate surface area is 131 Å². The molecule has 3 rings (SSSR count). The van der Waals surface area contributed by atoms with Gasteiger partial charge in [-0.3, -0.25) is 4.79 Å². The fraction of sp³-hybridized carbons (Fsp3) is 0.316. The van der Waals surface area contributed by atoms with Gasteiger partial charge < -0.3 is 10.1 Å². The first-order chi connectivity index (χ1) is 10.7. The molecule has 0 aliphatic carbocycles. The third-order valence-corrected chi connectivity index (χ3v) is 4.14. The fourth-order valence-corrected chi connectivity index (χ4v) is 2.82. The van der Waals surface area contributed by atoms with E-state index in [0.29, 0.717) is 5.56 Å². The van der Waals surface area contributed by atoms with E-state index in [2.05, 4.69) is 17.4 Å². The molecule has 2 aromatic rings. The average molecular weight is 295 g/mol. The van der Waals surface area contributed by atoms with Crippen molar-refractivity contribution >= 4 is 5.91 Å². The fourth-order valence-electron chi connectivity index (χ4n) is 2.82. The Hall–Kier alpha value is -2.13. The normalized spacial score (nSPS) is 18.9. The molecule has 1 N–H and O–H groups in total. The molecule has 3 nitrogen and oxygen atoms in total. The molecule has 3 heteroatoms. The Balaban J connectivity index is 1.66. The molecular formula is C19H21NO2. The monoisotopic (exact) mass is 295 g/mol. The topological polar surface area (TPSA) is 38.3 Å². The summed E-state index contributed by atoms with van der Waals surface area (Å²) in [7, 11) is 0. The minimum absolute atomic E-state index is 0.0392. The van der Waals surface area contributed by atoms with E-state index < -0.39 is 0 Å². The molecule has 1 heterocycles. The summed E-state index contributed by atoms with van der Waals surface area (Å²) >= 11 is 0. The summed E-state index contributed by atoms with van der Waals surface area (Å²) in [6.07, 6.45) is 2.25. The number of hydrogen-bond donors (Lipinski definition) is 1. The van der Waals surface area contributed by atoms with Crippen LogP contribution in [0, 0.1) is 0 Å². The second kappa shape index (κ2) is 6.75. The number of benzene rings is 2. The Morgan fingerprint density at radius 1 is 1.09 bits per heavy atom. The van der Waals surface area contributed by atoms with Gasteiger partial charge in [0.25, 0.3) is 5.91 Å². The number of ether oxygens (including phenoxy) is 1. The van der Waals surface area contributed by atoms with Gasteiger partial charge in [-0.25, -0.2) is 0 Å². The largest absolute Gasteiger partial charge is 0.376 e. The van der Waals surface area contributed by atoms with Crippen LogP contribution in [-0.2, 0) is 4.74 Å². The van der Waals surface area contributed by atoms with Crippen LogP contribution in [0.15, 0.2) is 54.6 Å².